The maximum absolute atomic E-state index is 8.88. The van der Waals surface area contributed by atoms with E-state index in [1.165, 1.54) is 0 Å². The Morgan fingerprint density at radius 1 is 1.30 bits per heavy atom. The van der Waals surface area contributed by atoms with E-state index in [0.717, 1.165) is 0 Å². The van der Waals surface area contributed by atoms with Gasteiger partial charge in [0.15, 0.2) is 5.76 Å². The van der Waals surface area contributed by atoms with Crippen LogP contribution in [0.25, 0.3) is 5.76 Å². The van der Waals surface area contributed by atoms with Crippen molar-refractivity contribution in [3.05, 3.63) is 35.9 Å². The van der Waals surface area contributed by atoms with Crippen LogP contribution in [0.15, 0.2) is 30.3 Å². The lowest BCUT2D eigenvalue weighted by molar-refractivity contribution is 0.518. The van der Waals surface area contributed by atoms with Gasteiger partial charge in [-0.1, -0.05) is 35.7 Å². The summed E-state index contributed by atoms with van der Waals surface area (Å²) in [6.45, 7) is 0. The van der Waals surface area contributed by atoms with Crippen molar-refractivity contribution in [2.75, 3.05) is 0 Å². The smallest absolute Gasteiger partial charge is 0.187 e. The van der Waals surface area contributed by atoms with Gasteiger partial charge in [-0.3, -0.25) is 0 Å². The van der Waals surface area contributed by atoms with Gasteiger partial charge in [0.2, 0.25) is 0 Å². The second-order valence-corrected chi connectivity index (χ2v) is 1.83. The average Bonchev–Trinajstić information content (AvgIpc) is 2.05. The molecule has 0 aliphatic heterocycles. The van der Waals surface area contributed by atoms with Crippen LogP contribution in [0.1, 0.15) is 5.56 Å². The molecule has 0 fully saturated rings. The lowest BCUT2D eigenvalue weighted by Gasteiger charge is -1.92. The van der Waals surface area contributed by atoms with E-state index in [2.05, 4.69) is 0 Å². The standard InChI is InChI=1S/C8H6NO/c9-6-8(10)7-4-2-1-3-5-7/h1-5,10H. The average molecular weight is 132 g/mol. The Bertz CT molecular complexity index is 260. The second-order valence-electron chi connectivity index (χ2n) is 1.83. The van der Waals surface area contributed by atoms with Crippen LogP contribution in [0, 0.1) is 0 Å². The van der Waals surface area contributed by atoms with Crippen molar-refractivity contribution in [3.63, 3.8) is 0 Å². The van der Waals surface area contributed by atoms with Gasteiger partial charge < -0.3 is 5.11 Å². The third kappa shape index (κ3) is 1.24. The highest BCUT2D eigenvalue weighted by Gasteiger charge is 1.93. The number of hydrogen-bond donors (Lipinski definition) is 1. The molecule has 0 amide bonds. The SMILES string of the molecule is [N]=C=C(O)c1ccccc1. The summed E-state index contributed by atoms with van der Waals surface area (Å²) in [5.74, 6) is 1.42. The van der Waals surface area contributed by atoms with Gasteiger partial charge in [0, 0.05) is 5.56 Å². The quantitative estimate of drug-likeness (QED) is 0.450. The number of rotatable bonds is 1. The van der Waals surface area contributed by atoms with Crippen molar-refractivity contribution in [2.24, 2.45) is 0 Å². The Labute approximate surface area is 59.0 Å². The Hall–Kier alpha value is -1.53. The van der Waals surface area contributed by atoms with Crippen molar-refractivity contribution < 1.29 is 5.11 Å². The summed E-state index contributed by atoms with van der Waals surface area (Å²) in [4.78, 5) is 0. The van der Waals surface area contributed by atoms with E-state index in [0.29, 0.717) is 5.56 Å². The van der Waals surface area contributed by atoms with Crippen molar-refractivity contribution in [3.8, 4) is 0 Å². The molecule has 49 valence electrons. The summed E-state index contributed by atoms with van der Waals surface area (Å²) in [6, 6.07) is 8.72. The summed E-state index contributed by atoms with van der Waals surface area (Å²) in [7, 11) is 0. The van der Waals surface area contributed by atoms with Crippen LogP contribution in [0.4, 0.5) is 0 Å². The Balaban J connectivity index is 3.08. The fourth-order valence-corrected chi connectivity index (χ4v) is 0.661. The highest BCUT2D eigenvalue weighted by Crippen LogP contribution is 2.05. The Kier molecular flexibility index (Phi) is 1.88. The first-order valence-electron chi connectivity index (χ1n) is 2.86. The molecule has 2 heteroatoms. The van der Waals surface area contributed by atoms with Gasteiger partial charge in [-0.2, -0.15) is 0 Å². The molecule has 0 saturated heterocycles. The molecule has 0 aliphatic rings. The van der Waals surface area contributed by atoms with Crippen LogP contribution in [-0.4, -0.2) is 11.0 Å². The van der Waals surface area contributed by atoms with E-state index in [-0.39, 0.29) is 5.76 Å². The van der Waals surface area contributed by atoms with Crippen LogP contribution in [-0.2, 0) is 0 Å². The molecule has 1 aromatic rings. The van der Waals surface area contributed by atoms with E-state index in [4.69, 9.17) is 10.5 Å². The lowest BCUT2D eigenvalue weighted by atomic mass is 10.2. The first kappa shape index (κ1) is 6.59. The highest BCUT2D eigenvalue weighted by molar-refractivity contribution is 5.83. The molecule has 0 bridgehead atoms. The zero-order chi connectivity index (χ0) is 7.40. The predicted octanol–water partition coefficient (Wildman–Crippen LogP) is 1.06. The number of hydrogen-bond acceptors (Lipinski definition) is 1. The molecule has 0 unspecified atom stereocenters. The van der Waals surface area contributed by atoms with Gasteiger partial charge in [0.25, 0.3) is 0 Å². The minimum atomic E-state index is -0.236. The maximum Gasteiger partial charge on any atom is 0.187 e. The van der Waals surface area contributed by atoms with Crippen LogP contribution in [0.5, 0.6) is 0 Å². The van der Waals surface area contributed by atoms with Gasteiger partial charge in [-0.15, -0.1) is 0 Å². The zero-order valence-corrected chi connectivity index (χ0v) is 5.28. The number of aliphatic hydroxyl groups is 1. The van der Waals surface area contributed by atoms with Gasteiger partial charge in [-0.25, -0.2) is 0 Å². The van der Waals surface area contributed by atoms with E-state index in [1.54, 1.807) is 30.1 Å². The molecular weight excluding hydrogens is 126 g/mol. The summed E-state index contributed by atoms with van der Waals surface area (Å²) < 4.78 is 0. The zero-order valence-electron chi connectivity index (χ0n) is 5.28. The van der Waals surface area contributed by atoms with Crippen molar-refractivity contribution in [1.29, 1.82) is 0 Å². The van der Waals surface area contributed by atoms with Crippen molar-refractivity contribution in [2.45, 2.75) is 0 Å². The lowest BCUT2D eigenvalue weighted by Crippen LogP contribution is -1.81. The highest BCUT2D eigenvalue weighted by atomic mass is 16.3. The van der Waals surface area contributed by atoms with E-state index < -0.39 is 0 Å². The van der Waals surface area contributed by atoms with E-state index >= 15 is 0 Å². The first-order chi connectivity index (χ1) is 4.84. The summed E-state index contributed by atoms with van der Waals surface area (Å²) >= 11 is 0. The fourth-order valence-electron chi connectivity index (χ4n) is 0.661. The van der Waals surface area contributed by atoms with Crippen LogP contribution < -0.4 is 5.41 Å². The fraction of sp³-hybridized carbons (Fsp3) is 0. The molecule has 1 N–H and O–H groups in total. The largest absolute Gasteiger partial charge is 0.500 e. The van der Waals surface area contributed by atoms with Gasteiger partial charge in [0.05, 0.1) is 5.87 Å². The molecule has 0 aliphatic carbocycles. The molecule has 2 nitrogen and oxygen atoms in total. The Morgan fingerprint density at radius 3 is 2.40 bits per heavy atom. The molecule has 0 aromatic heterocycles. The van der Waals surface area contributed by atoms with Gasteiger partial charge in [-0.05, 0) is 0 Å². The number of nitrogens with zero attached hydrogens (tertiary/aromatic N) is 1. The molecule has 10 heavy (non-hydrogen) atoms. The molecule has 1 rings (SSSR count). The topological polar surface area (TPSA) is 42.5 Å². The maximum atomic E-state index is 8.88. The van der Waals surface area contributed by atoms with Crippen molar-refractivity contribution >= 4 is 11.6 Å². The number of benzene rings is 1. The summed E-state index contributed by atoms with van der Waals surface area (Å²) in [5.41, 5.74) is 0.560. The van der Waals surface area contributed by atoms with Crippen LogP contribution >= 0.6 is 0 Å². The normalized spacial score (nSPS) is 8.40. The Morgan fingerprint density at radius 2 is 1.90 bits per heavy atom. The number of aliphatic hydroxyl groups excluding tert-OH is 1. The van der Waals surface area contributed by atoms with Crippen LogP contribution in [0.3, 0.4) is 0 Å². The minimum absolute atomic E-state index is 0.236. The van der Waals surface area contributed by atoms with Crippen LogP contribution in [0.2, 0.25) is 0 Å². The molecule has 0 saturated carbocycles. The summed E-state index contributed by atoms with van der Waals surface area (Å²) in [5, 5.41) is 17.1. The van der Waals surface area contributed by atoms with E-state index in [9.17, 15) is 0 Å². The molecule has 0 heterocycles. The minimum Gasteiger partial charge on any atom is -0.500 e. The van der Waals surface area contributed by atoms with Gasteiger partial charge in [0.1, 0.15) is 0 Å². The van der Waals surface area contributed by atoms with E-state index in [1.807, 2.05) is 6.07 Å². The molecule has 1 radical (unpaired) electrons. The third-order valence-electron chi connectivity index (χ3n) is 1.15. The monoisotopic (exact) mass is 132 g/mol. The second kappa shape index (κ2) is 2.85. The van der Waals surface area contributed by atoms with Gasteiger partial charge >= 0.3 is 0 Å². The third-order valence-corrected chi connectivity index (χ3v) is 1.15. The predicted molar refractivity (Wildman–Crippen MR) is 39.6 cm³/mol. The van der Waals surface area contributed by atoms with Crippen molar-refractivity contribution in [1.82, 2.24) is 5.41 Å². The first-order valence-corrected chi connectivity index (χ1v) is 2.86. The molecule has 1 aromatic carbocycles. The molecule has 0 spiro atoms. The molecular formula is C8H6NO. The summed E-state index contributed by atoms with van der Waals surface area (Å²) in [6.07, 6.45) is 0. The molecule has 0 atom stereocenters.